The molecule has 1 aromatic carbocycles. The smallest absolute Gasteiger partial charge is 0.229 e. The Labute approximate surface area is 139 Å². The van der Waals surface area contributed by atoms with Crippen molar-refractivity contribution in [3.8, 4) is 0 Å². The highest BCUT2D eigenvalue weighted by molar-refractivity contribution is 5.45. The number of nitrogens with zero attached hydrogens (tertiary/aromatic N) is 3. The van der Waals surface area contributed by atoms with Gasteiger partial charge in [-0.05, 0) is 13.8 Å². The zero-order valence-electron chi connectivity index (χ0n) is 14.7. The Balaban J connectivity index is 2.07. The van der Waals surface area contributed by atoms with E-state index in [1.807, 2.05) is 13.3 Å². The third-order valence-corrected chi connectivity index (χ3v) is 5.21. The second-order valence-corrected chi connectivity index (χ2v) is 6.93. The summed E-state index contributed by atoms with van der Waals surface area (Å²) in [5.74, 6) is 1.34. The Bertz CT molecular complexity index is 660. The second-order valence-electron chi connectivity index (χ2n) is 6.93. The Morgan fingerprint density at radius 1 is 1.35 bits per heavy atom. The Morgan fingerprint density at radius 3 is 2.83 bits per heavy atom. The highest BCUT2D eigenvalue weighted by Gasteiger charge is 2.46. The standard InChI is InChI=1S/C19H28N3O/c1-15-7-5-8-17(11-15)13-22(10-6-9-18(22)14-23-4)19-16(2)12-20-21(19)3/h5,7-8,11-12,18H,6,9-10,13-14H2,1-4H3/q+1/t18-,22?/m0/s1. The summed E-state index contributed by atoms with van der Waals surface area (Å²) in [6.07, 6.45) is 4.45. The van der Waals surface area contributed by atoms with Gasteiger partial charge < -0.3 is 4.74 Å². The fourth-order valence-electron chi connectivity index (χ4n) is 4.34. The number of benzene rings is 1. The van der Waals surface area contributed by atoms with Crippen LogP contribution in [0.3, 0.4) is 0 Å². The van der Waals surface area contributed by atoms with Crippen molar-refractivity contribution in [3.05, 3.63) is 47.2 Å². The summed E-state index contributed by atoms with van der Waals surface area (Å²) in [5, 5.41) is 4.52. The molecule has 1 saturated heterocycles. The predicted octanol–water partition coefficient (Wildman–Crippen LogP) is 3.35. The third kappa shape index (κ3) is 2.93. The van der Waals surface area contributed by atoms with Crippen LogP contribution in [-0.4, -0.2) is 36.1 Å². The molecular formula is C19H28N3O+. The first-order valence-electron chi connectivity index (χ1n) is 8.47. The fourth-order valence-corrected chi connectivity index (χ4v) is 4.34. The number of aromatic nitrogens is 2. The number of rotatable bonds is 5. The Morgan fingerprint density at radius 2 is 2.17 bits per heavy atom. The molecule has 1 aromatic heterocycles. The van der Waals surface area contributed by atoms with Gasteiger partial charge in [-0.15, -0.1) is 0 Å². The summed E-state index contributed by atoms with van der Waals surface area (Å²) in [6, 6.07) is 9.39. The maximum Gasteiger partial charge on any atom is 0.229 e. The van der Waals surface area contributed by atoms with E-state index >= 15 is 0 Å². The molecule has 2 heterocycles. The molecule has 2 aromatic rings. The van der Waals surface area contributed by atoms with Crippen LogP contribution < -0.4 is 4.48 Å². The molecule has 3 rings (SSSR count). The van der Waals surface area contributed by atoms with E-state index in [2.05, 4.69) is 54.9 Å². The minimum Gasteiger partial charge on any atom is -0.378 e. The SMILES string of the molecule is COC[C@@H]1CCC[N+]1(Cc1cccc(C)c1)c1c(C)cnn1C. The van der Waals surface area contributed by atoms with Gasteiger partial charge in [-0.2, -0.15) is 5.10 Å². The van der Waals surface area contributed by atoms with Gasteiger partial charge in [0.05, 0.1) is 24.9 Å². The maximum atomic E-state index is 5.57. The molecule has 124 valence electrons. The average molecular weight is 314 g/mol. The molecule has 4 nitrogen and oxygen atoms in total. The molecule has 1 aliphatic heterocycles. The first-order valence-corrected chi connectivity index (χ1v) is 8.47. The lowest BCUT2D eigenvalue weighted by atomic mass is 10.1. The van der Waals surface area contributed by atoms with Crippen molar-refractivity contribution in [3.63, 3.8) is 0 Å². The number of methoxy groups -OCH3 is 1. The van der Waals surface area contributed by atoms with Gasteiger partial charge in [0.1, 0.15) is 12.6 Å². The molecule has 23 heavy (non-hydrogen) atoms. The number of hydrogen-bond donors (Lipinski definition) is 0. The number of quaternary nitrogens is 1. The van der Waals surface area contributed by atoms with Crippen molar-refractivity contribution in [2.75, 3.05) is 20.3 Å². The molecular weight excluding hydrogens is 286 g/mol. The molecule has 0 N–H and O–H groups in total. The van der Waals surface area contributed by atoms with Crippen LogP contribution >= 0.6 is 0 Å². The zero-order valence-corrected chi connectivity index (χ0v) is 14.7. The van der Waals surface area contributed by atoms with Crippen molar-refractivity contribution < 1.29 is 4.74 Å². The molecule has 1 aliphatic rings. The molecule has 0 bridgehead atoms. The number of aryl methyl sites for hydroxylation is 3. The summed E-state index contributed by atoms with van der Waals surface area (Å²) in [6.45, 7) is 7.31. The first kappa shape index (κ1) is 16.2. The van der Waals surface area contributed by atoms with Gasteiger partial charge in [0.2, 0.25) is 5.82 Å². The van der Waals surface area contributed by atoms with Crippen LogP contribution in [0.2, 0.25) is 0 Å². The van der Waals surface area contributed by atoms with Gasteiger partial charge in [-0.1, -0.05) is 29.8 Å². The largest absolute Gasteiger partial charge is 0.378 e. The van der Waals surface area contributed by atoms with Gasteiger partial charge in [-0.3, -0.25) is 4.48 Å². The number of hydrogen-bond acceptors (Lipinski definition) is 2. The molecule has 4 heteroatoms. The molecule has 2 atom stereocenters. The van der Waals surface area contributed by atoms with E-state index in [4.69, 9.17) is 4.74 Å². The summed E-state index contributed by atoms with van der Waals surface area (Å²) >= 11 is 0. The monoisotopic (exact) mass is 314 g/mol. The molecule has 0 aliphatic carbocycles. The lowest BCUT2D eigenvalue weighted by Crippen LogP contribution is -2.55. The van der Waals surface area contributed by atoms with Crippen molar-refractivity contribution in [1.29, 1.82) is 0 Å². The van der Waals surface area contributed by atoms with Crippen LogP contribution in [0.15, 0.2) is 30.5 Å². The molecule has 0 amide bonds. The van der Waals surface area contributed by atoms with Crippen LogP contribution in [0, 0.1) is 13.8 Å². The van der Waals surface area contributed by atoms with E-state index in [-0.39, 0.29) is 0 Å². The lowest BCUT2D eigenvalue weighted by Gasteiger charge is -2.39. The number of ether oxygens (including phenoxy) is 1. The molecule has 0 saturated carbocycles. The van der Waals surface area contributed by atoms with Crippen molar-refractivity contribution in [2.24, 2.45) is 7.05 Å². The van der Waals surface area contributed by atoms with Crippen molar-refractivity contribution in [2.45, 2.75) is 39.3 Å². The summed E-state index contributed by atoms with van der Waals surface area (Å²) in [4.78, 5) is 0. The Hall–Kier alpha value is -1.65. The van der Waals surface area contributed by atoms with Gasteiger partial charge in [0.15, 0.2) is 0 Å². The van der Waals surface area contributed by atoms with Gasteiger partial charge in [0.25, 0.3) is 0 Å². The van der Waals surface area contributed by atoms with Gasteiger partial charge in [0, 0.05) is 32.6 Å². The molecule has 1 fully saturated rings. The predicted molar refractivity (Wildman–Crippen MR) is 94.4 cm³/mol. The zero-order chi connectivity index (χ0) is 16.4. The van der Waals surface area contributed by atoms with Crippen LogP contribution in [0.5, 0.6) is 0 Å². The minimum atomic E-state index is 0.495. The van der Waals surface area contributed by atoms with Crippen LogP contribution in [0.4, 0.5) is 5.82 Å². The van der Waals surface area contributed by atoms with Crippen molar-refractivity contribution >= 4 is 5.82 Å². The second kappa shape index (κ2) is 6.46. The summed E-state index contributed by atoms with van der Waals surface area (Å²) in [5.41, 5.74) is 4.00. The normalized spacial score (nSPS) is 24.3. The summed E-state index contributed by atoms with van der Waals surface area (Å²) < 4.78 is 8.60. The maximum absolute atomic E-state index is 5.57. The molecule has 0 radical (unpaired) electrons. The summed E-state index contributed by atoms with van der Waals surface area (Å²) in [7, 11) is 3.89. The van der Waals surface area contributed by atoms with Gasteiger partial charge >= 0.3 is 0 Å². The van der Waals surface area contributed by atoms with Crippen LogP contribution in [0.1, 0.15) is 29.5 Å². The van der Waals surface area contributed by atoms with E-state index in [0.29, 0.717) is 6.04 Å². The van der Waals surface area contributed by atoms with Crippen LogP contribution in [0.25, 0.3) is 0 Å². The lowest BCUT2D eigenvalue weighted by molar-refractivity contribution is 0.109. The van der Waals surface area contributed by atoms with Crippen molar-refractivity contribution in [1.82, 2.24) is 14.3 Å². The molecule has 1 unspecified atom stereocenters. The first-order chi connectivity index (χ1) is 11.1. The van der Waals surface area contributed by atoms with Crippen LogP contribution in [-0.2, 0) is 18.3 Å². The van der Waals surface area contributed by atoms with E-state index in [0.717, 1.165) is 24.2 Å². The molecule has 0 spiro atoms. The van der Waals surface area contributed by atoms with Gasteiger partial charge in [-0.25, -0.2) is 4.68 Å². The van der Waals surface area contributed by atoms with E-state index in [9.17, 15) is 0 Å². The van der Waals surface area contributed by atoms with E-state index in [1.54, 1.807) is 0 Å². The topological polar surface area (TPSA) is 27.1 Å². The highest BCUT2D eigenvalue weighted by atomic mass is 16.5. The average Bonchev–Trinajstić information content (AvgIpc) is 3.04. The highest BCUT2D eigenvalue weighted by Crippen LogP contribution is 2.38. The van der Waals surface area contributed by atoms with E-state index in [1.165, 1.54) is 35.3 Å². The fraction of sp³-hybridized carbons (Fsp3) is 0.526. The number of likely N-dealkylation sites (tertiary alicyclic amines) is 1. The van der Waals surface area contributed by atoms with E-state index < -0.39 is 0 Å². The quantitative estimate of drug-likeness (QED) is 0.791. The Kier molecular flexibility index (Phi) is 4.55. The minimum absolute atomic E-state index is 0.495. The third-order valence-electron chi connectivity index (χ3n) is 5.21.